The summed E-state index contributed by atoms with van der Waals surface area (Å²) in [7, 11) is 0. The number of carbonyl (C=O) groups excluding carboxylic acids is 2. The number of nitrogens with one attached hydrogen (secondary N) is 1. The lowest BCUT2D eigenvalue weighted by Gasteiger charge is -2.13. The first-order valence-corrected chi connectivity index (χ1v) is 7.11. The maximum atomic E-state index is 12.0. The van der Waals surface area contributed by atoms with Gasteiger partial charge in [0.1, 0.15) is 5.76 Å². The summed E-state index contributed by atoms with van der Waals surface area (Å²) >= 11 is 0. The van der Waals surface area contributed by atoms with Gasteiger partial charge in [-0.15, -0.1) is 0 Å². The standard InChI is InChI=1S/C17H16N2O4/c1-12(23-16(20)8-7-15-6-3-9-22-15)17(21)19-14-5-2-4-13(10-14)11-18/h2-6,9-10,12H,7-8H2,1H3,(H,19,21)/t12-/m1/s1. The van der Waals surface area contributed by atoms with Crippen LogP contribution >= 0.6 is 0 Å². The third-order valence-electron chi connectivity index (χ3n) is 3.09. The van der Waals surface area contributed by atoms with Crippen molar-refractivity contribution in [1.82, 2.24) is 0 Å². The summed E-state index contributed by atoms with van der Waals surface area (Å²) in [4.78, 5) is 23.7. The highest BCUT2D eigenvalue weighted by molar-refractivity contribution is 5.95. The third-order valence-corrected chi connectivity index (χ3v) is 3.09. The number of carbonyl (C=O) groups is 2. The van der Waals surface area contributed by atoms with Gasteiger partial charge in [-0.3, -0.25) is 9.59 Å². The van der Waals surface area contributed by atoms with E-state index in [2.05, 4.69) is 5.32 Å². The number of anilines is 1. The molecule has 0 radical (unpaired) electrons. The molecule has 0 saturated heterocycles. The largest absolute Gasteiger partial charge is 0.469 e. The van der Waals surface area contributed by atoms with E-state index in [1.54, 1.807) is 36.4 Å². The van der Waals surface area contributed by atoms with Crippen LogP contribution in [0.3, 0.4) is 0 Å². The average Bonchev–Trinajstić information content (AvgIpc) is 3.06. The predicted molar refractivity (Wildman–Crippen MR) is 82.4 cm³/mol. The molecule has 2 rings (SSSR count). The number of furan rings is 1. The maximum absolute atomic E-state index is 12.0. The average molecular weight is 312 g/mol. The van der Waals surface area contributed by atoms with Crippen LogP contribution in [-0.4, -0.2) is 18.0 Å². The number of rotatable bonds is 6. The molecule has 23 heavy (non-hydrogen) atoms. The highest BCUT2D eigenvalue weighted by Gasteiger charge is 2.18. The van der Waals surface area contributed by atoms with Gasteiger partial charge in [0.15, 0.2) is 6.10 Å². The van der Waals surface area contributed by atoms with Gasteiger partial charge in [0.25, 0.3) is 5.91 Å². The molecule has 0 aliphatic heterocycles. The Morgan fingerprint density at radius 1 is 1.35 bits per heavy atom. The first kappa shape index (κ1) is 16.3. The molecule has 0 fully saturated rings. The number of nitrogens with zero attached hydrogens (tertiary/aromatic N) is 1. The second-order valence-electron chi connectivity index (χ2n) is 4.89. The zero-order valence-electron chi connectivity index (χ0n) is 12.6. The Morgan fingerprint density at radius 3 is 2.87 bits per heavy atom. The lowest BCUT2D eigenvalue weighted by Crippen LogP contribution is -2.30. The number of ether oxygens (including phenoxy) is 1. The van der Waals surface area contributed by atoms with Gasteiger partial charge < -0.3 is 14.5 Å². The van der Waals surface area contributed by atoms with E-state index in [0.717, 1.165) is 0 Å². The lowest BCUT2D eigenvalue weighted by atomic mass is 10.2. The number of esters is 1. The van der Waals surface area contributed by atoms with Crippen molar-refractivity contribution >= 4 is 17.6 Å². The molecule has 1 aromatic carbocycles. The molecular weight excluding hydrogens is 296 g/mol. The summed E-state index contributed by atoms with van der Waals surface area (Å²) in [5, 5.41) is 11.4. The molecule has 0 bridgehead atoms. The predicted octanol–water partition coefficient (Wildman–Crippen LogP) is 2.65. The Hall–Kier alpha value is -3.07. The molecular formula is C17H16N2O4. The number of amides is 1. The van der Waals surface area contributed by atoms with Gasteiger partial charge >= 0.3 is 5.97 Å². The highest BCUT2D eigenvalue weighted by atomic mass is 16.5. The fourth-order valence-electron chi connectivity index (χ4n) is 1.90. The Labute approximate surface area is 133 Å². The van der Waals surface area contributed by atoms with Crippen LogP contribution in [0.25, 0.3) is 0 Å². The number of hydrogen-bond acceptors (Lipinski definition) is 5. The molecule has 0 unspecified atom stereocenters. The number of aryl methyl sites for hydroxylation is 1. The van der Waals surface area contributed by atoms with E-state index in [1.165, 1.54) is 13.2 Å². The molecule has 118 valence electrons. The van der Waals surface area contributed by atoms with Crippen LogP contribution in [0.15, 0.2) is 47.1 Å². The van der Waals surface area contributed by atoms with Crippen LogP contribution in [0, 0.1) is 11.3 Å². The van der Waals surface area contributed by atoms with E-state index < -0.39 is 18.0 Å². The molecule has 1 aromatic heterocycles. The summed E-state index contributed by atoms with van der Waals surface area (Å²) < 4.78 is 10.2. The van der Waals surface area contributed by atoms with Gasteiger partial charge in [-0.1, -0.05) is 6.07 Å². The van der Waals surface area contributed by atoms with Crippen LogP contribution in [0.4, 0.5) is 5.69 Å². The molecule has 0 aliphatic rings. The third kappa shape index (κ3) is 5.00. The van der Waals surface area contributed by atoms with Crippen molar-refractivity contribution in [3.05, 3.63) is 54.0 Å². The van der Waals surface area contributed by atoms with Crippen LogP contribution < -0.4 is 5.32 Å². The molecule has 0 spiro atoms. The summed E-state index contributed by atoms with van der Waals surface area (Å²) in [6.07, 6.45) is 1.16. The van der Waals surface area contributed by atoms with E-state index in [4.69, 9.17) is 14.4 Å². The minimum Gasteiger partial charge on any atom is -0.469 e. The first-order valence-electron chi connectivity index (χ1n) is 7.11. The van der Waals surface area contributed by atoms with Crippen LogP contribution in [0.2, 0.25) is 0 Å². The smallest absolute Gasteiger partial charge is 0.307 e. The van der Waals surface area contributed by atoms with Gasteiger partial charge in [0, 0.05) is 12.1 Å². The van der Waals surface area contributed by atoms with Crippen molar-refractivity contribution in [3.8, 4) is 6.07 Å². The van der Waals surface area contributed by atoms with Crippen molar-refractivity contribution in [2.24, 2.45) is 0 Å². The molecule has 1 atom stereocenters. The Kier molecular flexibility index (Phi) is 5.53. The van der Waals surface area contributed by atoms with Gasteiger partial charge in [0.2, 0.25) is 0 Å². The number of nitriles is 1. The van der Waals surface area contributed by atoms with Gasteiger partial charge in [-0.05, 0) is 37.3 Å². The quantitative estimate of drug-likeness (QED) is 0.828. The minimum absolute atomic E-state index is 0.134. The number of hydrogen-bond donors (Lipinski definition) is 1. The van der Waals surface area contributed by atoms with Gasteiger partial charge in [-0.2, -0.15) is 5.26 Å². The monoisotopic (exact) mass is 312 g/mol. The Morgan fingerprint density at radius 2 is 2.17 bits per heavy atom. The van der Waals surface area contributed by atoms with E-state index in [1.807, 2.05) is 6.07 Å². The summed E-state index contributed by atoms with van der Waals surface area (Å²) in [5.41, 5.74) is 0.915. The first-order chi connectivity index (χ1) is 11.1. The van der Waals surface area contributed by atoms with Crippen molar-refractivity contribution in [1.29, 1.82) is 5.26 Å². The molecule has 6 heteroatoms. The fraction of sp³-hybridized carbons (Fsp3) is 0.235. The Bertz CT molecular complexity index is 716. The summed E-state index contributed by atoms with van der Waals surface area (Å²) in [5.74, 6) is -0.242. The summed E-state index contributed by atoms with van der Waals surface area (Å²) in [6.45, 7) is 1.49. The van der Waals surface area contributed by atoms with Crippen LogP contribution in [0.5, 0.6) is 0 Å². The molecule has 0 saturated carbocycles. The Balaban J connectivity index is 1.82. The molecule has 1 amide bonds. The number of benzene rings is 1. The molecule has 1 N–H and O–H groups in total. The van der Waals surface area contributed by atoms with Crippen LogP contribution in [-0.2, 0) is 20.7 Å². The van der Waals surface area contributed by atoms with Crippen molar-refractivity contribution in [2.75, 3.05) is 5.32 Å². The second-order valence-corrected chi connectivity index (χ2v) is 4.89. The molecule has 1 heterocycles. The maximum Gasteiger partial charge on any atom is 0.307 e. The zero-order chi connectivity index (χ0) is 16.7. The highest BCUT2D eigenvalue weighted by Crippen LogP contribution is 2.11. The topological polar surface area (TPSA) is 92.3 Å². The normalized spacial score (nSPS) is 11.3. The molecule has 6 nitrogen and oxygen atoms in total. The van der Waals surface area contributed by atoms with E-state index in [9.17, 15) is 9.59 Å². The van der Waals surface area contributed by atoms with Crippen LogP contribution in [0.1, 0.15) is 24.7 Å². The molecule has 2 aromatic rings. The lowest BCUT2D eigenvalue weighted by molar-refractivity contribution is -0.153. The minimum atomic E-state index is -0.926. The van der Waals surface area contributed by atoms with Crippen molar-refractivity contribution in [2.45, 2.75) is 25.9 Å². The van der Waals surface area contributed by atoms with E-state index in [-0.39, 0.29) is 6.42 Å². The molecule has 0 aliphatic carbocycles. The fourth-order valence-corrected chi connectivity index (χ4v) is 1.90. The van der Waals surface area contributed by atoms with Gasteiger partial charge in [0.05, 0.1) is 24.3 Å². The zero-order valence-corrected chi connectivity index (χ0v) is 12.6. The van der Waals surface area contributed by atoms with Crippen molar-refractivity contribution in [3.63, 3.8) is 0 Å². The van der Waals surface area contributed by atoms with E-state index >= 15 is 0 Å². The SMILES string of the molecule is C[C@@H](OC(=O)CCc1ccco1)C(=O)Nc1cccc(C#N)c1. The van der Waals surface area contributed by atoms with Gasteiger partial charge in [-0.25, -0.2) is 0 Å². The summed E-state index contributed by atoms with van der Waals surface area (Å²) in [6, 6.07) is 12.0. The second kappa shape index (κ2) is 7.80. The van der Waals surface area contributed by atoms with Crippen molar-refractivity contribution < 1.29 is 18.7 Å². The van der Waals surface area contributed by atoms with E-state index in [0.29, 0.717) is 23.4 Å².